The topological polar surface area (TPSA) is 106 Å². The van der Waals surface area contributed by atoms with E-state index >= 15 is 0 Å². The predicted octanol–water partition coefficient (Wildman–Crippen LogP) is 1.71. The minimum absolute atomic E-state index is 0.00163. The Morgan fingerprint density at radius 3 is 2.77 bits per heavy atom. The Morgan fingerprint density at radius 2 is 2.03 bits per heavy atom. The van der Waals surface area contributed by atoms with E-state index in [1.165, 1.54) is 20.0 Å². The molecule has 8 nitrogen and oxygen atoms in total. The number of ether oxygens (including phenoxy) is 3. The number of rotatable bonds is 7. The number of aliphatic hydroxyl groups excluding tert-OH is 1. The Morgan fingerprint density at radius 1 is 1.23 bits per heavy atom. The van der Waals surface area contributed by atoms with Crippen molar-refractivity contribution < 1.29 is 28.9 Å². The van der Waals surface area contributed by atoms with E-state index in [0.717, 1.165) is 24.2 Å². The quantitative estimate of drug-likeness (QED) is 0.623. The first-order valence-electron chi connectivity index (χ1n) is 10.7. The molecule has 2 heterocycles. The average Bonchev–Trinajstić information content (AvgIpc) is 3.35. The molecule has 3 N–H and O–H groups in total. The molecule has 0 bridgehead atoms. The van der Waals surface area contributed by atoms with Gasteiger partial charge in [-0.2, -0.15) is 0 Å². The first-order chi connectivity index (χ1) is 14.6. The van der Waals surface area contributed by atoms with E-state index in [-0.39, 0.29) is 55.6 Å². The van der Waals surface area contributed by atoms with Gasteiger partial charge in [-0.1, -0.05) is 12.8 Å². The molecule has 1 saturated heterocycles. The van der Waals surface area contributed by atoms with Gasteiger partial charge in [0.2, 0.25) is 11.8 Å². The number of hydrogen-bond acceptors (Lipinski definition) is 6. The second-order valence-electron chi connectivity index (χ2n) is 8.39. The van der Waals surface area contributed by atoms with Gasteiger partial charge in [-0.05, 0) is 37.5 Å². The maximum Gasteiger partial charge on any atom is 0.250 e. The summed E-state index contributed by atoms with van der Waals surface area (Å²) in [5.41, 5.74) is 1.64. The van der Waals surface area contributed by atoms with E-state index in [0.29, 0.717) is 12.1 Å². The van der Waals surface area contributed by atoms with E-state index in [1.54, 1.807) is 6.07 Å². The Kier molecular flexibility index (Phi) is 6.55. The van der Waals surface area contributed by atoms with Crippen molar-refractivity contribution in [3.05, 3.63) is 23.8 Å². The lowest BCUT2D eigenvalue weighted by molar-refractivity contribution is -0.142. The number of aliphatic hydroxyl groups is 1. The Balaban J connectivity index is 1.45. The monoisotopic (exact) mass is 418 g/mol. The molecule has 3 aliphatic rings. The molecule has 8 heteroatoms. The number of anilines is 1. The number of fused-ring (bicyclic) bond motifs is 3. The molecule has 2 amide bonds. The third-order valence-corrected chi connectivity index (χ3v) is 6.19. The minimum Gasteiger partial charge on any atom is -0.487 e. The highest BCUT2D eigenvalue weighted by atomic mass is 16.6. The molecule has 2 aliphatic heterocycles. The van der Waals surface area contributed by atoms with Gasteiger partial charge in [0.1, 0.15) is 24.6 Å². The van der Waals surface area contributed by atoms with Crippen LogP contribution >= 0.6 is 0 Å². The number of benzene rings is 1. The van der Waals surface area contributed by atoms with Gasteiger partial charge < -0.3 is 30.0 Å². The van der Waals surface area contributed by atoms with Crippen molar-refractivity contribution >= 4 is 17.5 Å². The first-order valence-corrected chi connectivity index (χ1v) is 10.7. The Bertz CT molecular complexity index is 779. The fourth-order valence-corrected chi connectivity index (χ4v) is 4.86. The lowest BCUT2D eigenvalue weighted by Gasteiger charge is -2.37. The molecule has 1 aromatic carbocycles. The summed E-state index contributed by atoms with van der Waals surface area (Å²) in [7, 11) is 1.47. The van der Waals surface area contributed by atoms with Gasteiger partial charge in [0.15, 0.2) is 0 Å². The summed E-state index contributed by atoms with van der Waals surface area (Å²) < 4.78 is 16.9. The van der Waals surface area contributed by atoms with Crippen LogP contribution in [0.25, 0.3) is 0 Å². The Labute approximate surface area is 176 Å². The van der Waals surface area contributed by atoms with Crippen LogP contribution in [0, 0.1) is 0 Å². The van der Waals surface area contributed by atoms with Gasteiger partial charge in [0.25, 0.3) is 0 Å². The SMILES string of the molecule is COCC(=O)Nc1ccc2c(c1)[C@H]1C[C@H](CC(=O)NC3CCCC3)O[C@H](CO)[C@H]1O2. The third kappa shape index (κ3) is 4.61. The van der Waals surface area contributed by atoms with Gasteiger partial charge in [0, 0.05) is 30.3 Å². The molecule has 164 valence electrons. The molecular weight excluding hydrogens is 388 g/mol. The zero-order valence-electron chi connectivity index (χ0n) is 17.3. The third-order valence-electron chi connectivity index (χ3n) is 6.19. The summed E-state index contributed by atoms with van der Waals surface area (Å²) >= 11 is 0. The number of methoxy groups -OCH3 is 1. The standard InChI is InChI=1S/C22H30N2O6/c1-28-12-21(27)24-14-6-7-18-16(8-14)17-9-15(29-19(11-25)22(17)30-18)10-20(26)23-13-4-2-3-5-13/h6-8,13,15,17,19,22,25H,2-5,9-12H2,1H3,(H,23,26)(H,24,27)/t15-,17-,19-,22+/m1/s1. The lowest BCUT2D eigenvalue weighted by Crippen LogP contribution is -2.47. The largest absolute Gasteiger partial charge is 0.487 e. The summed E-state index contributed by atoms with van der Waals surface area (Å²) in [6.45, 7) is -0.189. The molecular formula is C22H30N2O6. The highest BCUT2D eigenvalue weighted by molar-refractivity contribution is 5.91. The molecule has 4 rings (SSSR count). The van der Waals surface area contributed by atoms with Crippen molar-refractivity contribution in [2.75, 3.05) is 25.6 Å². The van der Waals surface area contributed by atoms with Crippen LogP contribution < -0.4 is 15.4 Å². The summed E-state index contributed by atoms with van der Waals surface area (Å²) in [5, 5.41) is 15.8. The average molecular weight is 418 g/mol. The van der Waals surface area contributed by atoms with Crippen molar-refractivity contribution in [2.24, 2.45) is 0 Å². The number of amides is 2. The van der Waals surface area contributed by atoms with E-state index in [4.69, 9.17) is 14.2 Å². The van der Waals surface area contributed by atoms with Gasteiger partial charge in [-0.15, -0.1) is 0 Å². The smallest absolute Gasteiger partial charge is 0.250 e. The molecule has 0 aromatic heterocycles. The van der Waals surface area contributed by atoms with Crippen molar-refractivity contribution in [3.63, 3.8) is 0 Å². The molecule has 0 radical (unpaired) electrons. The molecule has 1 saturated carbocycles. The predicted molar refractivity (Wildman–Crippen MR) is 109 cm³/mol. The van der Waals surface area contributed by atoms with Gasteiger partial charge in [-0.3, -0.25) is 9.59 Å². The van der Waals surface area contributed by atoms with Gasteiger partial charge in [0.05, 0.1) is 19.1 Å². The lowest BCUT2D eigenvalue weighted by atomic mass is 9.84. The number of carbonyl (C=O) groups is 2. The highest BCUT2D eigenvalue weighted by Crippen LogP contribution is 2.47. The zero-order valence-corrected chi connectivity index (χ0v) is 17.3. The fraction of sp³-hybridized carbons (Fsp3) is 0.636. The summed E-state index contributed by atoms with van der Waals surface area (Å²) in [4.78, 5) is 24.3. The van der Waals surface area contributed by atoms with Crippen LogP contribution in [-0.4, -0.2) is 61.6 Å². The van der Waals surface area contributed by atoms with Crippen LogP contribution in [0.5, 0.6) is 5.75 Å². The van der Waals surface area contributed by atoms with Crippen LogP contribution in [0.4, 0.5) is 5.69 Å². The van der Waals surface area contributed by atoms with E-state index in [9.17, 15) is 14.7 Å². The van der Waals surface area contributed by atoms with Crippen LogP contribution in [-0.2, 0) is 19.1 Å². The summed E-state index contributed by atoms with van der Waals surface area (Å²) in [6, 6.07) is 5.79. The van der Waals surface area contributed by atoms with Gasteiger partial charge >= 0.3 is 0 Å². The zero-order chi connectivity index (χ0) is 21.1. The minimum atomic E-state index is -0.494. The maximum absolute atomic E-state index is 12.5. The molecule has 30 heavy (non-hydrogen) atoms. The van der Waals surface area contributed by atoms with E-state index in [2.05, 4.69) is 10.6 Å². The fourth-order valence-electron chi connectivity index (χ4n) is 4.86. The molecule has 0 unspecified atom stereocenters. The van der Waals surface area contributed by atoms with Crippen LogP contribution in [0.2, 0.25) is 0 Å². The number of carbonyl (C=O) groups excluding carboxylic acids is 2. The molecule has 1 aromatic rings. The van der Waals surface area contributed by atoms with Crippen molar-refractivity contribution in [3.8, 4) is 5.75 Å². The van der Waals surface area contributed by atoms with Crippen LogP contribution in [0.15, 0.2) is 18.2 Å². The van der Waals surface area contributed by atoms with Crippen LogP contribution in [0.1, 0.15) is 50.0 Å². The number of hydrogen-bond donors (Lipinski definition) is 3. The molecule has 4 atom stereocenters. The van der Waals surface area contributed by atoms with E-state index < -0.39 is 6.10 Å². The Hall–Kier alpha value is -2.16. The summed E-state index contributed by atoms with van der Waals surface area (Å²) in [6.07, 6.45) is 4.23. The van der Waals surface area contributed by atoms with Crippen molar-refractivity contribution in [1.29, 1.82) is 0 Å². The van der Waals surface area contributed by atoms with Crippen molar-refractivity contribution in [2.45, 2.75) is 68.8 Å². The van der Waals surface area contributed by atoms with Crippen molar-refractivity contribution in [1.82, 2.24) is 5.32 Å². The normalized spacial score (nSPS) is 27.8. The molecule has 1 aliphatic carbocycles. The molecule has 0 spiro atoms. The first kappa shape index (κ1) is 21.1. The number of nitrogens with one attached hydrogen (secondary N) is 2. The second-order valence-corrected chi connectivity index (χ2v) is 8.39. The van der Waals surface area contributed by atoms with Gasteiger partial charge in [-0.25, -0.2) is 0 Å². The maximum atomic E-state index is 12.5. The second kappa shape index (κ2) is 9.32. The summed E-state index contributed by atoms with van der Waals surface area (Å²) in [5.74, 6) is 0.499. The van der Waals surface area contributed by atoms with E-state index in [1.807, 2.05) is 12.1 Å². The molecule has 2 fully saturated rings. The van der Waals surface area contributed by atoms with Crippen LogP contribution in [0.3, 0.4) is 0 Å². The highest BCUT2D eigenvalue weighted by Gasteiger charge is 2.46.